The number of benzene rings is 2. The second-order valence-corrected chi connectivity index (χ2v) is 5.22. The van der Waals surface area contributed by atoms with Crippen molar-refractivity contribution >= 4 is 44.9 Å². The van der Waals surface area contributed by atoms with Gasteiger partial charge in [0.25, 0.3) is 0 Å². The predicted molar refractivity (Wildman–Crippen MR) is 74.0 cm³/mol. The van der Waals surface area contributed by atoms with Gasteiger partial charge in [-0.2, -0.15) is 0 Å². The highest BCUT2D eigenvalue weighted by atomic mass is 79.9. The summed E-state index contributed by atoms with van der Waals surface area (Å²) in [6.07, 6.45) is 0. The fourth-order valence-electron chi connectivity index (χ4n) is 1.46. The Balaban J connectivity index is 2.44. The Bertz CT molecular complexity index is 581. The minimum absolute atomic E-state index is 0.134. The molecule has 0 unspecified atom stereocenters. The number of rotatable bonds is 2. The van der Waals surface area contributed by atoms with Gasteiger partial charge in [-0.15, -0.1) is 0 Å². The number of hydrogen-bond acceptors (Lipinski definition) is 1. The smallest absolute Gasteiger partial charge is 0.194 e. The van der Waals surface area contributed by atoms with Crippen LogP contribution in [0.5, 0.6) is 0 Å². The molecule has 0 aliphatic rings. The number of carbonyl (C=O) groups excluding carboxylic acids is 1. The average Bonchev–Trinajstić information content (AvgIpc) is 2.28. The largest absolute Gasteiger partial charge is 0.289 e. The quantitative estimate of drug-likeness (QED) is 0.709. The van der Waals surface area contributed by atoms with Gasteiger partial charge in [0.1, 0.15) is 0 Å². The van der Waals surface area contributed by atoms with Gasteiger partial charge in [0.05, 0.1) is 5.02 Å². The van der Waals surface area contributed by atoms with Crippen LogP contribution in [0.25, 0.3) is 0 Å². The Morgan fingerprint density at radius 3 is 2.47 bits per heavy atom. The number of halogens is 3. The molecule has 0 atom stereocenters. The van der Waals surface area contributed by atoms with Gasteiger partial charge < -0.3 is 0 Å². The monoisotopic (exact) mass is 328 g/mol. The van der Waals surface area contributed by atoms with E-state index in [0.29, 0.717) is 21.2 Å². The summed E-state index contributed by atoms with van der Waals surface area (Å²) in [5.74, 6) is -0.134. The molecule has 0 saturated carbocycles. The van der Waals surface area contributed by atoms with Crippen LogP contribution in [0.3, 0.4) is 0 Å². The summed E-state index contributed by atoms with van der Waals surface area (Å²) in [4.78, 5) is 12.2. The second kappa shape index (κ2) is 5.21. The summed E-state index contributed by atoms with van der Waals surface area (Å²) in [7, 11) is 0. The fraction of sp³-hybridized carbons (Fsp3) is 0. The molecule has 0 aromatic heterocycles. The van der Waals surface area contributed by atoms with E-state index in [9.17, 15) is 4.79 Å². The summed E-state index contributed by atoms with van der Waals surface area (Å²) in [6, 6.07) is 12.0. The van der Waals surface area contributed by atoms with Crippen LogP contribution >= 0.6 is 39.1 Å². The number of hydrogen-bond donors (Lipinski definition) is 0. The molecule has 2 rings (SSSR count). The lowest BCUT2D eigenvalue weighted by Crippen LogP contribution is -2.01. The molecule has 0 radical (unpaired) electrons. The third-order valence-corrected chi connectivity index (χ3v) is 3.30. The maximum Gasteiger partial charge on any atom is 0.194 e. The van der Waals surface area contributed by atoms with Crippen LogP contribution in [0.2, 0.25) is 10.0 Å². The fourth-order valence-corrected chi connectivity index (χ4v) is 2.41. The highest BCUT2D eigenvalue weighted by Gasteiger charge is 2.13. The molecule has 0 heterocycles. The van der Waals surface area contributed by atoms with Gasteiger partial charge in [-0.1, -0.05) is 51.3 Å². The van der Waals surface area contributed by atoms with Crippen molar-refractivity contribution in [2.24, 2.45) is 0 Å². The van der Waals surface area contributed by atoms with Crippen LogP contribution in [0, 0.1) is 0 Å². The molecule has 0 bridgehead atoms. The van der Waals surface area contributed by atoms with Gasteiger partial charge in [-0.3, -0.25) is 4.79 Å². The summed E-state index contributed by atoms with van der Waals surface area (Å²) in [5, 5.41) is 0.952. The van der Waals surface area contributed by atoms with Crippen LogP contribution in [0.4, 0.5) is 0 Å². The molecular weight excluding hydrogens is 323 g/mol. The van der Waals surface area contributed by atoms with E-state index in [1.54, 1.807) is 42.5 Å². The lowest BCUT2D eigenvalue weighted by molar-refractivity contribution is 0.103. The molecule has 0 aliphatic carbocycles. The number of carbonyl (C=O) groups is 1. The first kappa shape index (κ1) is 12.6. The molecule has 4 heteroatoms. The van der Waals surface area contributed by atoms with Crippen molar-refractivity contribution in [3.63, 3.8) is 0 Å². The van der Waals surface area contributed by atoms with Gasteiger partial charge in [0.15, 0.2) is 5.78 Å². The first-order chi connectivity index (χ1) is 8.08. The van der Waals surface area contributed by atoms with Gasteiger partial charge >= 0.3 is 0 Å². The Kier molecular flexibility index (Phi) is 3.87. The Hall–Kier alpha value is -0.830. The lowest BCUT2D eigenvalue weighted by Gasteiger charge is -2.04. The van der Waals surface area contributed by atoms with Crippen LogP contribution in [-0.2, 0) is 0 Å². The van der Waals surface area contributed by atoms with E-state index >= 15 is 0 Å². The zero-order valence-electron chi connectivity index (χ0n) is 8.58. The van der Waals surface area contributed by atoms with Crippen molar-refractivity contribution in [3.05, 3.63) is 68.1 Å². The molecule has 0 aliphatic heterocycles. The predicted octanol–water partition coefficient (Wildman–Crippen LogP) is 4.99. The highest BCUT2D eigenvalue weighted by Crippen LogP contribution is 2.24. The van der Waals surface area contributed by atoms with Gasteiger partial charge in [-0.05, 0) is 30.3 Å². The van der Waals surface area contributed by atoms with Crippen molar-refractivity contribution in [2.45, 2.75) is 0 Å². The lowest BCUT2D eigenvalue weighted by atomic mass is 10.0. The SMILES string of the molecule is O=C(c1cccc(Cl)c1)c1ccc(Br)cc1Cl. The van der Waals surface area contributed by atoms with E-state index in [-0.39, 0.29) is 5.78 Å². The van der Waals surface area contributed by atoms with E-state index in [0.717, 1.165) is 4.47 Å². The second-order valence-electron chi connectivity index (χ2n) is 3.46. The molecular formula is C13H7BrCl2O. The first-order valence-corrected chi connectivity index (χ1v) is 6.38. The minimum atomic E-state index is -0.134. The topological polar surface area (TPSA) is 17.1 Å². The van der Waals surface area contributed by atoms with Crippen molar-refractivity contribution in [2.75, 3.05) is 0 Å². The molecule has 0 fully saturated rings. The normalized spacial score (nSPS) is 10.3. The molecule has 0 saturated heterocycles. The number of ketones is 1. The standard InChI is InChI=1S/C13H7BrCl2O/c14-9-4-5-11(12(16)7-9)13(17)8-2-1-3-10(15)6-8/h1-7H. The maximum absolute atomic E-state index is 12.2. The van der Waals surface area contributed by atoms with Gasteiger partial charge in [-0.25, -0.2) is 0 Å². The summed E-state index contributed by atoms with van der Waals surface area (Å²) >= 11 is 15.2. The van der Waals surface area contributed by atoms with E-state index in [4.69, 9.17) is 23.2 Å². The van der Waals surface area contributed by atoms with Crippen LogP contribution in [-0.4, -0.2) is 5.78 Å². The van der Waals surface area contributed by atoms with Crippen molar-refractivity contribution < 1.29 is 4.79 Å². The molecule has 1 nitrogen and oxygen atoms in total. The van der Waals surface area contributed by atoms with Crippen LogP contribution in [0.1, 0.15) is 15.9 Å². The van der Waals surface area contributed by atoms with Gasteiger partial charge in [0, 0.05) is 20.6 Å². The Morgan fingerprint density at radius 1 is 1.06 bits per heavy atom. The molecule has 0 spiro atoms. The summed E-state index contributed by atoms with van der Waals surface area (Å²) in [6.45, 7) is 0. The van der Waals surface area contributed by atoms with E-state index in [1.807, 2.05) is 0 Å². The van der Waals surface area contributed by atoms with E-state index in [2.05, 4.69) is 15.9 Å². The molecule has 2 aromatic rings. The first-order valence-electron chi connectivity index (χ1n) is 4.83. The third kappa shape index (κ3) is 2.89. The summed E-state index contributed by atoms with van der Waals surface area (Å²) < 4.78 is 0.838. The third-order valence-electron chi connectivity index (χ3n) is 2.26. The molecule has 0 amide bonds. The molecule has 2 aromatic carbocycles. The van der Waals surface area contributed by atoms with Crippen molar-refractivity contribution in [1.29, 1.82) is 0 Å². The Morgan fingerprint density at radius 2 is 1.82 bits per heavy atom. The molecule has 0 N–H and O–H groups in total. The van der Waals surface area contributed by atoms with Crippen molar-refractivity contribution in [3.8, 4) is 0 Å². The molecule has 86 valence electrons. The maximum atomic E-state index is 12.2. The van der Waals surface area contributed by atoms with Crippen LogP contribution in [0.15, 0.2) is 46.9 Å². The molecule has 17 heavy (non-hydrogen) atoms. The zero-order valence-corrected chi connectivity index (χ0v) is 11.7. The highest BCUT2D eigenvalue weighted by molar-refractivity contribution is 9.10. The summed E-state index contributed by atoms with van der Waals surface area (Å²) in [5.41, 5.74) is 0.999. The minimum Gasteiger partial charge on any atom is -0.289 e. The zero-order chi connectivity index (χ0) is 12.4. The average molecular weight is 330 g/mol. The Labute approximate surface area is 117 Å². The van der Waals surface area contributed by atoms with Crippen molar-refractivity contribution in [1.82, 2.24) is 0 Å². The van der Waals surface area contributed by atoms with E-state index in [1.165, 1.54) is 0 Å². The van der Waals surface area contributed by atoms with E-state index < -0.39 is 0 Å². The van der Waals surface area contributed by atoms with Gasteiger partial charge in [0.2, 0.25) is 0 Å². The van der Waals surface area contributed by atoms with Crippen LogP contribution < -0.4 is 0 Å².